The van der Waals surface area contributed by atoms with Crippen LogP contribution in [0.2, 0.25) is 0 Å². The van der Waals surface area contributed by atoms with Gasteiger partial charge in [-0.05, 0) is 24.1 Å². The fourth-order valence-electron chi connectivity index (χ4n) is 1.44. The van der Waals surface area contributed by atoms with Crippen LogP contribution in [-0.4, -0.2) is 24.1 Å². The summed E-state index contributed by atoms with van der Waals surface area (Å²) in [5, 5.41) is 0. The molecular formula is C12H16F2O3S2. The highest BCUT2D eigenvalue weighted by Crippen LogP contribution is 2.19. The predicted molar refractivity (Wildman–Crippen MR) is 71.3 cm³/mol. The lowest BCUT2D eigenvalue weighted by molar-refractivity contribution is 0.234. The van der Waals surface area contributed by atoms with Gasteiger partial charge >= 0.3 is 5.76 Å². The van der Waals surface area contributed by atoms with Crippen LogP contribution in [0.25, 0.3) is 0 Å². The van der Waals surface area contributed by atoms with Gasteiger partial charge in [0.25, 0.3) is 0 Å². The molecule has 108 valence electrons. The van der Waals surface area contributed by atoms with E-state index in [1.807, 2.05) is 6.92 Å². The molecule has 0 bridgehead atoms. The largest absolute Gasteiger partial charge is 0.341 e. The molecule has 0 radical (unpaired) electrons. The average Bonchev–Trinajstić information content (AvgIpc) is 2.36. The van der Waals surface area contributed by atoms with Crippen LogP contribution in [0.1, 0.15) is 25.3 Å². The molecule has 0 spiro atoms. The Kier molecular flexibility index (Phi) is 6.06. The van der Waals surface area contributed by atoms with Crippen molar-refractivity contribution >= 4 is 20.6 Å². The van der Waals surface area contributed by atoms with E-state index in [1.54, 1.807) is 0 Å². The van der Waals surface area contributed by atoms with Crippen molar-refractivity contribution in [3.8, 4) is 0 Å². The average molecular weight is 310 g/mol. The fraction of sp³-hybridized carbons (Fsp3) is 0.500. The number of alkyl halides is 2. The molecule has 19 heavy (non-hydrogen) atoms. The summed E-state index contributed by atoms with van der Waals surface area (Å²) >= 11 is 0. The molecule has 1 atom stereocenters. The Bertz CT molecular complexity index is 524. The summed E-state index contributed by atoms with van der Waals surface area (Å²) in [5.41, 5.74) is 0.683. The molecule has 0 aliphatic heterocycles. The second-order valence-electron chi connectivity index (χ2n) is 4.09. The molecule has 1 aromatic carbocycles. The summed E-state index contributed by atoms with van der Waals surface area (Å²) in [7, 11) is -5.55. The lowest BCUT2D eigenvalue weighted by Gasteiger charge is -2.05. The van der Waals surface area contributed by atoms with Gasteiger partial charge in [-0.15, -0.1) is 0 Å². The first-order chi connectivity index (χ1) is 8.87. The maximum Gasteiger partial charge on any atom is 0.341 e. The molecule has 7 heteroatoms. The third kappa shape index (κ3) is 4.65. The molecule has 0 saturated carbocycles. The number of halogens is 2. The second kappa shape index (κ2) is 7.09. The maximum absolute atomic E-state index is 12.3. The lowest BCUT2D eigenvalue weighted by Crippen LogP contribution is -2.11. The molecule has 0 aliphatic rings. The molecule has 0 saturated heterocycles. The number of benzene rings is 1. The van der Waals surface area contributed by atoms with Gasteiger partial charge in [0.05, 0.1) is 4.90 Å². The molecular weight excluding hydrogens is 294 g/mol. The zero-order valence-electron chi connectivity index (χ0n) is 10.5. The molecule has 0 amide bonds. The fourth-order valence-corrected chi connectivity index (χ4v) is 3.48. The van der Waals surface area contributed by atoms with Crippen molar-refractivity contribution < 1.29 is 21.4 Å². The number of sulfone groups is 1. The van der Waals surface area contributed by atoms with E-state index < -0.39 is 31.3 Å². The van der Waals surface area contributed by atoms with Gasteiger partial charge in [0, 0.05) is 22.3 Å². The Hall–Kier alpha value is -0.820. The van der Waals surface area contributed by atoms with E-state index in [-0.39, 0.29) is 0 Å². The van der Waals surface area contributed by atoms with E-state index in [1.165, 1.54) is 12.1 Å². The summed E-state index contributed by atoms with van der Waals surface area (Å²) in [5.74, 6) is -2.51. The maximum atomic E-state index is 12.3. The van der Waals surface area contributed by atoms with Gasteiger partial charge in [-0.1, -0.05) is 25.5 Å². The summed E-state index contributed by atoms with van der Waals surface area (Å²) in [4.78, 5) is -0.411. The Balaban J connectivity index is 2.75. The minimum atomic E-state index is -4.55. The van der Waals surface area contributed by atoms with Crippen molar-refractivity contribution in [1.82, 2.24) is 0 Å². The normalized spacial score (nSPS) is 13.7. The van der Waals surface area contributed by atoms with E-state index in [2.05, 4.69) is 0 Å². The van der Waals surface area contributed by atoms with Crippen molar-refractivity contribution in [1.29, 1.82) is 0 Å². The summed E-state index contributed by atoms with van der Waals surface area (Å²) in [6.07, 6.45) is 1.82. The van der Waals surface area contributed by atoms with Crippen LogP contribution in [0.3, 0.4) is 0 Å². The summed E-state index contributed by atoms with van der Waals surface area (Å²) in [6.45, 7) is 2.00. The Morgan fingerprint density at radius 3 is 2.26 bits per heavy atom. The predicted octanol–water partition coefficient (Wildman–Crippen LogP) is 2.73. The van der Waals surface area contributed by atoms with E-state index in [0.29, 0.717) is 17.1 Å². The number of unbranched alkanes of at least 4 members (excludes halogenated alkanes) is 1. The van der Waals surface area contributed by atoms with Crippen LogP contribution in [0, 0.1) is 0 Å². The number of hydrogen-bond donors (Lipinski definition) is 0. The van der Waals surface area contributed by atoms with Crippen LogP contribution in [-0.2, 0) is 26.4 Å². The van der Waals surface area contributed by atoms with Gasteiger partial charge in [0.15, 0.2) is 0 Å². The van der Waals surface area contributed by atoms with Gasteiger partial charge in [-0.2, -0.15) is 8.78 Å². The first kappa shape index (κ1) is 16.2. The topological polar surface area (TPSA) is 51.2 Å². The van der Waals surface area contributed by atoms with Crippen molar-refractivity contribution in [2.75, 3.05) is 5.75 Å². The molecule has 0 aliphatic carbocycles. The first-order valence-electron chi connectivity index (χ1n) is 5.84. The van der Waals surface area contributed by atoms with Gasteiger partial charge in [0.1, 0.15) is 0 Å². The third-order valence-corrected chi connectivity index (χ3v) is 5.34. The van der Waals surface area contributed by atoms with Gasteiger partial charge in [0.2, 0.25) is 9.84 Å². The molecule has 0 N–H and O–H groups in total. The van der Waals surface area contributed by atoms with Crippen molar-refractivity contribution in [2.45, 2.75) is 36.2 Å². The smallest absolute Gasteiger partial charge is 0.259 e. The van der Waals surface area contributed by atoms with Crippen molar-refractivity contribution in [3.05, 3.63) is 29.8 Å². The monoisotopic (exact) mass is 310 g/mol. The zero-order valence-corrected chi connectivity index (χ0v) is 12.1. The van der Waals surface area contributed by atoms with Crippen molar-refractivity contribution in [3.63, 3.8) is 0 Å². The second-order valence-corrected chi connectivity index (χ2v) is 7.59. The summed E-state index contributed by atoms with van der Waals surface area (Å²) < 4.78 is 58.7. The number of hydrogen-bond acceptors (Lipinski definition) is 3. The molecule has 3 nitrogen and oxygen atoms in total. The molecule has 0 unspecified atom stereocenters. The standard InChI is InChI=1S/C12H16F2O3S2/c1-2-3-8-18(15)9-10-4-6-11(7-5-10)19(16,17)12(13)14/h4-7,12H,2-3,8-9H2,1H3/t18-/m0/s1. The zero-order chi connectivity index (χ0) is 14.5. The van der Waals surface area contributed by atoms with E-state index in [4.69, 9.17) is 0 Å². The highest BCUT2D eigenvalue weighted by atomic mass is 32.2. The molecule has 0 heterocycles. The first-order valence-corrected chi connectivity index (χ1v) is 8.87. The third-order valence-electron chi connectivity index (χ3n) is 2.54. The molecule has 0 fully saturated rings. The van der Waals surface area contributed by atoms with Gasteiger partial charge in [-0.25, -0.2) is 8.42 Å². The SMILES string of the molecule is CCCC[S@](=O)Cc1ccc(S(=O)(=O)C(F)F)cc1. The minimum absolute atomic E-state index is 0.314. The van der Waals surface area contributed by atoms with E-state index >= 15 is 0 Å². The van der Waals surface area contributed by atoms with Crippen LogP contribution in [0.15, 0.2) is 29.2 Å². The Morgan fingerprint density at radius 1 is 1.21 bits per heavy atom. The Morgan fingerprint density at radius 2 is 1.79 bits per heavy atom. The summed E-state index contributed by atoms with van der Waals surface area (Å²) in [6, 6.07) is 5.12. The highest BCUT2D eigenvalue weighted by Gasteiger charge is 2.26. The molecule has 0 aromatic heterocycles. The lowest BCUT2D eigenvalue weighted by atomic mass is 10.2. The number of rotatable bonds is 7. The van der Waals surface area contributed by atoms with Gasteiger partial charge < -0.3 is 0 Å². The minimum Gasteiger partial charge on any atom is -0.259 e. The van der Waals surface area contributed by atoms with Crippen LogP contribution < -0.4 is 0 Å². The van der Waals surface area contributed by atoms with Crippen LogP contribution in [0.4, 0.5) is 8.78 Å². The highest BCUT2D eigenvalue weighted by molar-refractivity contribution is 7.91. The Labute approximate surface area is 114 Å². The van der Waals surface area contributed by atoms with Gasteiger partial charge in [-0.3, -0.25) is 4.21 Å². The molecule has 1 rings (SSSR count). The quantitative estimate of drug-likeness (QED) is 0.778. The van der Waals surface area contributed by atoms with E-state index in [0.717, 1.165) is 25.0 Å². The van der Waals surface area contributed by atoms with Crippen LogP contribution in [0.5, 0.6) is 0 Å². The van der Waals surface area contributed by atoms with Crippen LogP contribution >= 0.6 is 0 Å². The van der Waals surface area contributed by atoms with Crippen molar-refractivity contribution in [2.24, 2.45) is 0 Å². The van der Waals surface area contributed by atoms with E-state index in [9.17, 15) is 21.4 Å². The molecule has 1 aromatic rings.